The molecule has 134 valence electrons. The van der Waals surface area contributed by atoms with Crippen molar-refractivity contribution in [2.24, 2.45) is 7.05 Å². The minimum atomic E-state index is -1.58. The van der Waals surface area contributed by atoms with Crippen molar-refractivity contribution in [1.82, 2.24) is 4.57 Å². The van der Waals surface area contributed by atoms with Crippen molar-refractivity contribution in [3.63, 3.8) is 0 Å². The normalized spacial score (nSPS) is 21.3. The van der Waals surface area contributed by atoms with Crippen molar-refractivity contribution in [3.05, 3.63) is 53.6 Å². The Morgan fingerprint density at radius 2 is 2.04 bits per heavy atom. The van der Waals surface area contributed by atoms with Gasteiger partial charge in [-0.2, -0.15) is 0 Å². The second kappa shape index (κ2) is 6.92. The highest BCUT2D eigenvalue weighted by atomic mass is 19.2. The van der Waals surface area contributed by atoms with Crippen LogP contribution in [0.3, 0.4) is 0 Å². The first kappa shape index (κ1) is 17.5. The van der Waals surface area contributed by atoms with Gasteiger partial charge in [0, 0.05) is 26.1 Å². The van der Waals surface area contributed by atoms with Gasteiger partial charge in [-0.15, -0.1) is 0 Å². The minimum absolute atomic E-state index is 0.176. The third kappa shape index (κ3) is 3.28. The molecule has 3 atom stereocenters. The molecule has 1 amide bonds. The van der Waals surface area contributed by atoms with Gasteiger partial charge in [0.1, 0.15) is 6.04 Å². The lowest BCUT2D eigenvalue weighted by Gasteiger charge is -2.27. The molecule has 1 aliphatic heterocycles. The van der Waals surface area contributed by atoms with E-state index in [1.54, 1.807) is 6.92 Å². The first-order chi connectivity index (χ1) is 11.9. The summed E-state index contributed by atoms with van der Waals surface area (Å²) in [5, 5.41) is 2.39. The molecule has 7 heteroatoms. The van der Waals surface area contributed by atoms with Gasteiger partial charge in [0.15, 0.2) is 23.5 Å². The van der Waals surface area contributed by atoms with Crippen LogP contribution in [-0.4, -0.2) is 23.1 Å². The fourth-order valence-electron chi connectivity index (χ4n) is 3.59. The number of aromatic nitrogens is 1. The number of carbonyl (C=O) groups excluding carboxylic acids is 1. The van der Waals surface area contributed by atoms with Gasteiger partial charge in [-0.1, -0.05) is 0 Å². The van der Waals surface area contributed by atoms with E-state index in [2.05, 4.69) is 5.32 Å². The Bertz CT molecular complexity index is 790. The molecule has 1 aromatic carbocycles. The third-order valence-electron chi connectivity index (χ3n) is 4.99. The van der Waals surface area contributed by atoms with Gasteiger partial charge in [-0.05, 0) is 31.2 Å². The number of anilines is 1. The molecule has 0 radical (unpaired) electrons. The molecule has 0 aliphatic carbocycles. The molecule has 1 saturated heterocycles. The molecule has 1 aromatic heterocycles. The smallest absolute Gasteiger partial charge is 0.282 e. The van der Waals surface area contributed by atoms with Crippen LogP contribution in [0, 0.1) is 17.5 Å². The van der Waals surface area contributed by atoms with Crippen molar-refractivity contribution in [2.75, 3.05) is 11.9 Å². The largest absolute Gasteiger partial charge is 0.350 e. The van der Waals surface area contributed by atoms with Crippen LogP contribution < -0.4 is 10.2 Å². The third-order valence-corrected chi connectivity index (χ3v) is 4.99. The molecule has 25 heavy (non-hydrogen) atoms. The van der Waals surface area contributed by atoms with Gasteiger partial charge in [-0.25, -0.2) is 13.2 Å². The van der Waals surface area contributed by atoms with Crippen molar-refractivity contribution in [2.45, 2.75) is 31.8 Å². The fourth-order valence-corrected chi connectivity index (χ4v) is 3.59. The Balaban J connectivity index is 1.76. The summed E-state index contributed by atoms with van der Waals surface area (Å²) in [4.78, 5) is 13.6. The number of carbonyl (C=O) groups is 1. The highest BCUT2D eigenvalue weighted by molar-refractivity contribution is 5.93. The summed E-state index contributed by atoms with van der Waals surface area (Å²) in [7, 11) is 1.96. The lowest BCUT2D eigenvalue weighted by molar-refractivity contribution is -0.932. The first-order valence-corrected chi connectivity index (χ1v) is 8.31. The molecule has 2 N–H and O–H groups in total. The van der Waals surface area contributed by atoms with E-state index in [9.17, 15) is 18.0 Å². The minimum Gasteiger partial charge on any atom is -0.350 e. The zero-order valence-corrected chi connectivity index (χ0v) is 14.2. The molecule has 1 aliphatic rings. The van der Waals surface area contributed by atoms with Crippen LogP contribution in [0.1, 0.15) is 31.5 Å². The Morgan fingerprint density at radius 1 is 1.28 bits per heavy atom. The number of halogens is 3. The predicted octanol–water partition coefficient (Wildman–Crippen LogP) is 2.19. The number of benzene rings is 1. The Labute approximate surface area is 144 Å². The number of aryl methyl sites for hydroxylation is 1. The van der Waals surface area contributed by atoms with Crippen molar-refractivity contribution in [1.29, 1.82) is 0 Å². The summed E-state index contributed by atoms with van der Waals surface area (Å²) in [5.41, 5.74) is 0.802. The maximum absolute atomic E-state index is 13.8. The topological polar surface area (TPSA) is 38.5 Å². The first-order valence-electron chi connectivity index (χ1n) is 8.31. The van der Waals surface area contributed by atoms with E-state index in [4.69, 9.17) is 0 Å². The molecular formula is C18H21F3N3O+. The standard InChI is InChI=1S/C18H20F3N3O/c1-11(18(25)22-13-8-7-12(19)16(20)17(13)21)24-10-4-6-15(24)14-5-3-9-23(14)2/h3,5,7-9,11,15H,4,6,10H2,1-2H3,(H,22,25)/p+1/t11-,15+/m0/s1. The van der Waals surface area contributed by atoms with E-state index in [1.165, 1.54) is 0 Å². The van der Waals surface area contributed by atoms with Crippen LogP contribution >= 0.6 is 0 Å². The number of hydrogen-bond donors (Lipinski definition) is 2. The van der Waals surface area contributed by atoms with Crippen molar-refractivity contribution >= 4 is 11.6 Å². The van der Waals surface area contributed by atoms with Crippen LogP contribution in [0.5, 0.6) is 0 Å². The molecule has 2 heterocycles. The van der Waals surface area contributed by atoms with Gasteiger partial charge >= 0.3 is 0 Å². The molecule has 2 aromatic rings. The SMILES string of the molecule is C[C@@H](C(=O)Nc1ccc(F)c(F)c1F)[NH+]1CCC[C@@H]1c1cccn1C. The highest BCUT2D eigenvalue weighted by Gasteiger charge is 2.38. The maximum atomic E-state index is 13.8. The summed E-state index contributed by atoms with van der Waals surface area (Å²) in [6, 6.07) is 5.56. The lowest BCUT2D eigenvalue weighted by Crippen LogP contribution is -3.15. The molecule has 0 bridgehead atoms. The van der Waals surface area contributed by atoms with Crippen LogP contribution in [-0.2, 0) is 11.8 Å². The number of hydrogen-bond acceptors (Lipinski definition) is 1. The van der Waals surface area contributed by atoms with E-state index in [1.807, 2.05) is 29.9 Å². The van der Waals surface area contributed by atoms with Crippen molar-refractivity contribution < 1.29 is 22.9 Å². The molecule has 4 nitrogen and oxygen atoms in total. The molecule has 1 unspecified atom stereocenters. The Morgan fingerprint density at radius 3 is 2.72 bits per heavy atom. The lowest BCUT2D eigenvalue weighted by atomic mass is 10.1. The summed E-state index contributed by atoms with van der Waals surface area (Å²) < 4.78 is 42.2. The average molecular weight is 352 g/mol. The van der Waals surface area contributed by atoms with Crippen LogP contribution in [0.4, 0.5) is 18.9 Å². The van der Waals surface area contributed by atoms with Crippen LogP contribution in [0.2, 0.25) is 0 Å². The molecule has 0 saturated carbocycles. The second-order valence-corrected chi connectivity index (χ2v) is 6.50. The van der Waals surface area contributed by atoms with Gasteiger partial charge < -0.3 is 14.8 Å². The number of rotatable bonds is 4. The predicted molar refractivity (Wildman–Crippen MR) is 87.6 cm³/mol. The zero-order valence-electron chi connectivity index (χ0n) is 14.2. The van der Waals surface area contributed by atoms with Gasteiger partial charge in [0.05, 0.1) is 17.9 Å². The summed E-state index contributed by atoms with van der Waals surface area (Å²) in [6.07, 6.45) is 3.92. The van der Waals surface area contributed by atoms with Gasteiger partial charge in [0.25, 0.3) is 5.91 Å². The van der Waals surface area contributed by atoms with Crippen LogP contribution in [0.15, 0.2) is 30.5 Å². The molecule has 3 rings (SSSR count). The Hall–Kier alpha value is -2.28. The average Bonchev–Trinajstić information content (AvgIpc) is 3.22. The molecular weight excluding hydrogens is 331 g/mol. The van der Waals surface area contributed by atoms with E-state index < -0.39 is 29.4 Å². The zero-order chi connectivity index (χ0) is 18.1. The number of nitrogens with one attached hydrogen (secondary N) is 2. The molecule has 0 spiro atoms. The Kier molecular flexibility index (Phi) is 4.85. The summed E-state index contributed by atoms with van der Waals surface area (Å²) >= 11 is 0. The fraction of sp³-hybridized carbons (Fsp3) is 0.389. The second-order valence-electron chi connectivity index (χ2n) is 6.50. The van der Waals surface area contributed by atoms with Crippen molar-refractivity contribution in [3.8, 4) is 0 Å². The van der Waals surface area contributed by atoms with Gasteiger partial charge in [0.2, 0.25) is 0 Å². The monoisotopic (exact) mass is 352 g/mol. The summed E-state index contributed by atoms with van der Waals surface area (Å²) in [6.45, 7) is 2.59. The van der Waals surface area contributed by atoms with Crippen LogP contribution in [0.25, 0.3) is 0 Å². The summed E-state index contributed by atoms with van der Waals surface area (Å²) in [5.74, 6) is -4.66. The number of nitrogens with zero attached hydrogens (tertiary/aromatic N) is 1. The molecule has 1 fully saturated rings. The number of likely N-dealkylation sites (tertiary alicyclic amines) is 1. The van der Waals surface area contributed by atoms with E-state index in [0.717, 1.165) is 42.1 Å². The quantitative estimate of drug-likeness (QED) is 0.814. The van der Waals surface area contributed by atoms with E-state index >= 15 is 0 Å². The number of amides is 1. The maximum Gasteiger partial charge on any atom is 0.282 e. The van der Waals surface area contributed by atoms with E-state index in [0.29, 0.717) is 0 Å². The van der Waals surface area contributed by atoms with E-state index in [-0.39, 0.29) is 11.7 Å². The highest BCUT2D eigenvalue weighted by Crippen LogP contribution is 2.21. The number of quaternary nitrogens is 1. The van der Waals surface area contributed by atoms with Gasteiger partial charge in [-0.3, -0.25) is 4.79 Å².